The summed E-state index contributed by atoms with van der Waals surface area (Å²) in [5.74, 6) is -1.81. The van der Waals surface area contributed by atoms with Crippen molar-refractivity contribution in [3.05, 3.63) is 24.3 Å². The van der Waals surface area contributed by atoms with E-state index in [9.17, 15) is 14.4 Å². The fourth-order valence-electron chi connectivity index (χ4n) is 3.58. The zero-order valence-corrected chi connectivity index (χ0v) is 21.6. The fourth-order valence-corrected chi connectivity index (χ4v) is 3.58. The van der Waals surface area contributed by atoms with Gasteiger partial charge in [0, 0.05) is 23.8 Å². The van der Waals surface area contributed by atoms with Crippen LogP contribution in [0.25, 0.3) is 0 Å². The molecule has 0 spiro atoms. The first-order valence-corrected chi connectivity index (χ1v) is 12.6. The maximum atomic E-state index is 13.0. The number of amides is 1. The Kier molecular flexibility index (Phi) is 10.9. The molecule has 4 unspecified atom stereocenters. The van der Waals surface area contributed by atoms with Crippen LogP contribution >= 0.6 is 0 Å². The van der Waals surface area contributed by atoms with Crippen LogP contribution in [0.15, 0.2) is 24.3 Å². The minimum absolute atomic E-state index is 0.0532. The summed E-state index contributed by atoms with van der Waals surface area (Å²) in [5, 5.41) is 2.48. The zero-order chi connectivity index (χ0) is 33.0. The van der Waals surface area contributed by atoms with E-state index in [2.05, 4.69) is 5.32 Å². The molecule has 0 aromatic rings. The molecule has 200 valence electrons. The van der Waals surface area contributed by atoms with Gasteiger partial charge < -0.3 is 14.8 Å². The lowest BCUT2D eigenvalue weighted by atomic mass is 9.87. The van der Waals surface area contributed by atoms with Gasteiger partial charge in [-0.15, -0.1) is 0 Å². The number of carbonyl (C=O) groups is 3. The average Bonchev–Trinajstić information content (AvgIpc) is 2.95. The zero-order valence-electron chi connectivity index (χ0n) is 29.6. The van der Waals surface area contributed by atoms with E-state index in [1.807, 2.05) is 13.8 Å². The van der Waals surface area contributed by atoms with Gasteiger partial charge in [0.2, 0.25) is 6.41 Å². The van der Waals surface area contributed by atoms with Gasteiger partial charge >= 0.3 is 11.9 Å². The van der Waals surface area contributed by atoms with Gasteiger partial charge in [-0.3, -0.25) is 9.59 Å². The number of rotatable bonds is 21. The molecule has 1 fully saturated rings. The van der Waals surface area contributed by atoms with Crippen LogP contribution in [0, 0.1) is 11.8 Å². The minimum atomic E-state index is -1.87. The van der Waals surface area contributed by atoms with Gasteiger partial charge in [0.1, 0.15) is 18.2 Å². The molecule has 0 aliphatic carbocycles. The van der Waals surface area contributed by atoms with E-state index in [1.165, 1.54) is 6.08 Å². The standard InChI is InChI=1S/C29H49NO5/c1-5-7-9-11-12-13-14-15-16-18-24(34-29(33)26(30-22-31)20-23(3)4)21-27-25(28(32)35-27)19-17-10-8-6-2/h12-13,15-16,22-27H,5-11,14,17-21H2,1-4H3,(H,30,31)/b13-12-,16-15-/t24-,25-,26-,27-/m0/s1/i7D2,8D2,9D,10D,11D,17D/t9?,10?,11?,17?,24-,25-,26-,27-. The van der Waals surface area contributed by atoms with Crippen molar-refractivity contribution in [3.8, 4) is 0 Å². The highest BCUT2D eigenvalue weighted by Crippen LogP contribution is 2.32. The first kappa shape index (κ1) is 20.0. The number of allylic oxidation sites excluding steroid dienone is 3. The largest absolute Gasteiger partial charge is 0.461 e. The smallest absolute Gasteiger partial charge is 0.328 e. The molecule has 1 saturated heterocycles. The number of ether oxygens (including phenoxy) is 2. The fraction of sp³-hybridized carbons (Fsp3) is 0.759. The van der Waals surface area contributed by atoms with Crippen LogP contribution in [-0.4, -0.2) is 36.6 Å². The third kappa shape index (κ3) is 13.5. The Balaban J connectivity index is 2.95. The quantitative estimate of drug-likeness (QED) is 0.112. The van der Waals surface area contributed by atoms with Crippen LogP contribution in [0.1, 0.15) is 122 Å². The molecule has 1 rings (SSSR count). The van der Waals surface area contributed by atoms with E-state index in [0.29, 0.717) is 19.3 Å². The van der Waals surface area contributed by atoms with Gasteiger partial charge in [-0.2, -0.15) is 0 Å². The van der Waals surface area contributed by atoms with Gasteiger partial charge in [-0.05, 0) is 38.0 Å². The van der Waals surface area contributed by atoms with E-state index in [1.54, 1.807) is 32.1 Å². The third-order valence-corrected chi connectivity index (χ3v) is 5.39. The lowest BCUT2D eigenvalue weighted by Gasteiger charge is -2.37. The van der Waals surface area contributed by atoms with Crippen molar-refractivity contribution in [3.63, 3.8) is 0 Å². The van der Waals surface area contributed by atoms with E-state index < -0.39 is 74.4 Å². The SMILES string of the molecule is [2H]C(/C=C\C/C=C\C[C@@H](C[C@@H]1OC(=O)[C@H]1CC([2H])C([2H])C([2H])([2H])CC)OC(=O)[C@H](CC(C)C)NC=O)C([2H])C([2H])([2H])CC. The summed E-state index contributed by atoms with van der Waals surface area (Å²) in [5.41, 5.74) is 0. The summed E-state index contributed by atoms with van der Waals surface area (Å²) in [6.45, 7) is 7.04. The van der Waals surface area contributed by atoms with E-state index >= 15 is 0 Å². The van der Waals surface area contributed by atoms with Crippen molar-refractivity contribution in [2.24, 2.45) is 11.8 Å². The van der Waals surface area contributed by atoms with Gasteiger partial charge in [0.15, 0.2) is 0 Å². The molecule has 6 nitrogen and oxygen atoms in total. The summed E-state index contributed by atoms with van der Waals surface area (Å²) >= 11 is 0. The molecular weight excluding hydrogens is 442 g/mol. The van der Waals surface area contributed by atoms with Gasteiger partial charge in [0.25, 0.3) is 0 Å². The van der Waals surface area contributed by atoms with Crippen LogP contribution < -0.4 is 5.32 Å². The lowest BCUT2D eigenvalue weighted by Crippen LogP contribution is -2.48. The summed E-state index contributed by atoms with van der Waals surface area (Å²) < 4.78 is 75.1. The van der Waals surface area contributed by atoms with Crippen molar-refractivity contribution < 1.29 is 34.8 Å². The van der Waals surface area contributed by atoms with Crippen LogP contribution in [-0.2, 0) is 23.9 Å². The second kappa shape index (κ2) is 19.1. The molecule has 1 aliphatic heterocycles. The number of cyclic esters (lactones) is 1. The third-order valence-electron chi connectivity index (χ3n) is 5.39. The van der Waals surface area contributed by atoms with Crippen LogP contribution in [0.4, 0.5) is 0 Å². The summed E-state index contributed by atoms with van der Waals surface area (Å²) in [6, 6.07) is -0.860. The molecule has 0 aromatic carbocycles. The normalized spacial score (nSPS) is 27.3. The van der Waals surface area contributed by atoms with E-state index in [0.717, 1.165) is 0 Å². The molecule has 1 heterocycles. The number of esters is 2. The van der Waals surface area contributed by atoms with Crippen molar-refractivity contribution in [2.45, 2.75) is 129 Å². The Labute approximate surface area is 224 Å². The molecule has 0 saturated carbocycles. The molecule has 8 atom stereocenters. The average molecular weight is 500 g/mol. The lowest BCUT2D eigenvalue weighted by molar-refractivity contribution is -0.190. The molecule has 1 N–H and O–H groups in total. The number of nitrogens with one attached hydrogen (secondary N) is 1. The van der Waals surface area contributed by atoms with Crippen LogP contribution in [0.2, 0.25) is 0 Å². The summed E-state index contributed by atoms with van der Waals surface area (Å²) in [4.78, 5) is 36.3. The highest BCUT2D eigenvalue weighted by Gasteiger charge is 2.43. The van der Waals surface area contributed by atoms with Crippen molar-refractivity contribution >= 4 is 18.3 Å². The monoisotopic (exact) mass is 499 g/mol. The first-order valence-electron chi connectivity index (χ1n) is 16.9. The van der Waals surface area contributed by atoms with Gasteiger partial charge in [0.05, 0.1) is 5.92 Å². The Morgan fingerprint density at radius 1 is 1.11 bits per heavy atom. The second-order valence-corrected chi connectivity index (χ2v) is 8.83. The molecule has 0 radical (unpaired) electrons. The van der Waals surface area contributed by atoms with Gasteiger partial charge in [-0.25, -0.2) is 4.79 Å². The molecule has 1 amide bonds. The highest BCUT2D eigenvalue weighted by molar-refractivity contribution is 5.79. The Hall–Kier alpha value is -2.11. The Morgan fingerprint density at radius 3 is 2.49 bits per heavy atom. The molecule has 6 heteroatoms. The van der Waals surface area contributed by atoms with Crippen molar-refractivity contribution in [1.29, 1.82) is 0 Å². The maximum absolute atomic E-state index is 13.0. The predicted octanol–water partition coefficient (Wildman–Crippen LogP) is 6.43. The van der Waals surface area contributed by atoms with Crippen molar-refractivity contribution in [2.75, 3.05) is 0 Å². The summed E-state index contributed by atoms with van der Waals surface area (Å²) in [6.07, 6.45) is -1.39. The van der Waals surface area contributed by atoms with Gasteiger partial charge in [-0.1, -0.05) is 90.4 Å². The van der Waals surface area contributed by atoms with Crippen LogP contribution in [0.3, 0.4) is 0 Å². The maximum Gasteiger partial charge on any atom is 0.328 e. The first-order chi connectivity index (χ1) is 20.0. The second-order valence-electron chi connectivity index (χ2n) is 8.83. The topological polar surface area (TPSA) is 81.7 Å². The van der Waals surface area contributed by atoms with E-state index in [4.69, 9.17) is 20.4 Å². The van der Waals surface area contributed by atoms with E-state index in [-0.39, 0.29) is 38.0 Å². The number of hydrogen-bond acceptors (Lipinski definition) is 5. The molecule has 35 heavy (non-hydrogen) atoms. The highest BCUT2D eigenvalue weighted by atomic mass is 16.6. The Bertz CT molecular complexity index is 948. The van der Waals surface area contributed by atoms with Crippen molar-refractivity contribution in [1.82, 2.24) is 5.32 Å². The number of carbonyl (C=O) groups excluding carboxylic acids is 3. The van der Waals surface area contributed by atoms with Crippen LogP contribution in [0.5, 0.6) is 0 Å². The Morgan fingerprint density at radius 2 is 1.83 bits per heavy atom. The predicted molar refractivity (Wildman–Crippen MR) is 141 cm³/mol. The number of hydrogen-bond donors (Lipinski definition) is 1. The molecular formula is C29H49NO5. The minimum Gasteiger partial charge on any atom is -0.461 e. The molecule has 0 aromatic heterocycles. The molecule has 0 bridgehead atoms. The summed E-state index contributed by atoms with van der Waals surface area (Å²) in [7, 11) is 0. The molecule has 1 aliphatic rings.